The molecule has 0 saturated heterocycles. The fourth-order valence-corrected chi connectivity index (χ4v) is 2.17. The Bertz CT molecular complexity index is 449. The van der Waals surface area contributed by atoms with Crippen LogP contribution in [-0.4, -0.2) is 12.1 Å². The lowest BCUT2D eigenvalue weighted by Crippen LogP contribution is -2.36. The van der Waals surface area contributed by atoms with Crippen molar-refractivity contribution in [3.63, 3.8) is 0 Å². The lowest BCUT2D eigenvalue weighted by molar-refractivity contribution is 0.248. The summed E-state index contributed by atoms with van der Waals surface area (Å²) in [6.45, 7) is 6.42. The van der Waals surface area contributed by atoms with Crippen molar-refractivity contribution in [1.82, 2.24) is 5.32 Å². The molecule has 0 bridgehead atoms. The van der Waals surface area contributed by atoms with Crippen molar-refractivity contribution < 1.29 is 4.79 Å². The largest absolute Gasteiger partial charge is 0.335 e. The van der Waals surface area contributed by atoms with E-state index >= 15 is 0 Å². The molecular weight excluding hydrogens is 295 g/mol. The first-order valence-electron chi connectivity index (χ1n) is 6.91. The Labute approximate surface area is 131 Å². The van der Waals surface area contributed by atoms with E-state index in [1.54, 1.807) is 18.2 Å². The van der Waals surface area contributed by atoms with E-state index in [0.717, 1.165) is 12.8 Å². The van der Waals surface area contributed by atoms with Crippen LogP contribution in [0.15, 0.2) is 18.2 Å². The molecule has 1 aromatic carbocycles. The number of carbonyl (C=O) groups is 1. The summed E-state index contributed by atoms with van der Waals surface area (Å²) >= 11 is 11.7. The van der Waals surface area contributed by atoms with Crippen molar-refractivity contribution in [3.8, 4) is 0 Å². The summed E-state index contributed by atoms with van der Waals surface area (Å²) in [7, 11) is 0. The molecular formula is C15H22Cl2N2O. The van der Waals surface area contributed by atoms with Gasteiger partial charge in [-0.1, -0.05) is 49.9 Å². The highest BCUT2D eigenvalue weighted by Crippen LogP contribution is 2.24. The minimum absolute atomic E-state index is 0.150. The average Bonchev–Trinajstić information content (AvgIpc) is 2.33. The summed E-state index contributed by atoms with van der Waals surface area (Å²) in [6.07, 6.45) is 3.28. The van der Waals surface area contributed by atoms with E-state index in [0.29, 0.717) is 21.7 Å². The van der Waals surface area contributed by atoms with Crippen LogP contribution in [0.3, 0.4) is 0 Å². The molecule has 1 unspecified atom stereocenters. The number of carbonyl (C=O) groups excluding carboxylic acids is 1. The molecule has 0 aromatic heterocycles. The van der Waals surface area contributed by atoms with Gasteiger partial charge in [0.05, 0.1) is 10.0 Å². The summed E-state index contributed by atoms with van der Waals surface area (Å²) in [5.41, 5.74) is 0.631. The number of anilines is 1. The number of hydrogen-bond acceptors (Lipinski definition) is 1. The first kappa shape index (κ1) is 17.1. The second kappa shape index (κ2) is 8.38. The smallest absolute Gasteiger partial charge is 0.319 e. The van der Waals surface area contributed by atoms with Gasteiger partial charge in [-0.25, -0.2) is 4.79 Å². The highest BCUT2D eigenvalue weighted by Gasteiger charge is 2.08. The Morgan fingerprint density at radius 1 is 1.15 bits per heavy atom. The molecule has 1 atom stereocenters. The molecule has 0 radical (unpaired) electrons. The molecule has 1 aromatic rings. The van der Waals surface area contributed by atoms with E-state index in [4.69, 9.17) is 23.2 Å². The van der Waals surface area contributed by atoms with Gasteiger partial charge >= 0.3 is 6.03 Å². The van der Waals surface area contributed by atoms with Crippen LogP contribution in [0.4, 0.5) is 10.5 Å². The Hall–Kier alpha value is -0.930. The van der Waals surface area contributed by atoms with E-state index in [2.05, 4.69) is 24.5 Å². The number of amides is 2. The van der Waals surface area contributed by atoms with E-state index in [9.17, 15) is 4.79 Å². The molecule has 2 N–H and O–H groups in total. The summed E-state index contributed by atoms with van der Waals surface area (Å²) in [4.78, 5) is 11.8. The monoisotopic (exact) mass is 316 g/mol. The molecule has 5 heteroatoms. The van der Waals surface area contributed by atoms with Gasteiger partial charge in [-0.05, 0) is 37.5 Å². The lowest BCUT2D eigenvalue weighted by atomic mass is 10.0. The number of benzene rings is 1. The summed E-state index contributed by atoms with van der Waals surface area (Å²) in [5, 5.41) is 6.55. The van der Waals surface area contributed by atoms with Crippen molar-refractivity contribution in [2.24, 2.45) is 5.92 Å². The van der Waals surface area contributed by atoms with Crippen molar-refractivity contribution >= 4 is 34.9 Å². The predicted octanol–water partition coefficient (Wildman–Crippen LogP) is 5.33. The molecule has 0 heterocycles. The van der Waals surface area contributed by atoms with Gasteiger partial charge in [0.25, 0.3) is 0 Å². The van der Waals surface area contributed by atoms with E-state index in [1.807, 2.05) is 6.92 Å². The summed E-state index contributed by atoms with van der Waals surface area (Å²) < 4.78 is 0. The van der Waals surface area contributed by atoms with Crippen molar-refractivity contribution in [2.45, 2.75) is 46.1 Å². The normalized spacial score (nSPS) is 12.3. The maximum atomic E-state index is 11.8. The first-order valence-corrected chi connectivity index (χ1v) is 7.66. The van der Waals surface area contributed by atoms with Crippen molar-refractivity contribution in [3.05, 3.63) is 28.2 Å². The second-order valence-corrected chi connectivity index (χ2v) is 6.27. The van der Waals surface area contributed by atoms with Crippen molar-refractivity contribution in [2.75, 3.05) is 5.32 Å². The van der Waals surface area contributed by atoms with Crippen LogP contribution in [0.2, 0.25) is 10.0 Å². The van der Waals surface area contributed by atoms with Gasteiger partial charge in [-0.2, -0.15) is 0 Å². The number of hydrogen-bond donors (Lipinski definition) is 2. The Kier molecular flexibility index (Phi) is 7.17. The molecule has 2 amide bonds. The first-order chi connectivity index (χ1) is 9.38. The maximum absolute atomic E-state index is 11.8. The van der Waals surface area contributed by atoms with Gasteiger partial charge < -0.3 is 10.6 Å². The number of nitrogens with one attached hydrogen (secondary N) is 2. The van der Waals surface area contributed by atoms with Crippen LogP contribution >= 0.6 is 23.2 Å². The van der Waals surface area contributed by atoms with Crippen LogP contribution in [0, 0.1) is 5.92 Å². The van der Waals surface area contributed by atoms with Crippen LogP contribution in [0.25, 0.3) is 0 Å². The van der Waals surface area contributed by atoms with Gasteiger partial charge in [0, 0.05) is 11.7 Å². The zero-order chi connectivity index (χ0) is 15.1. The summed E-state index contributed by atoms with van der Waals surface area (Å²) in [6, 6.07) is 4.94. The minimum atomic E-state index is -0.222. The molecule has 0 spiro atoms. The van der Waals surface area contributed by atoms with Crippen LogP contribution in [0.1, 0.15) is 40.0 Å². The van der Waals surface area contributed by atoms with E-state index < -0.39 is 0 Å². The molecule has 3 nitrogen and oxygen atoms in total. The van der Waals surface area contributed by atoms with Gasteiger partial charge in [-0.15, -0.1) is 0 Å². The van der Waals surface area contributed by atoms with Crippen LogP contribution in [-0.2, 0) is 0 Å². The molecule has 0 aliphatic heterocycles. The van der Waals surface area contributed by atoms with Gasteiger partial charge in [-0.3, -0.25) is 0 Å². The lowest BCUT2D eigenvalue weighted by Gasteiger charge is -2.15. The third-order valence-corrected chi connectivity index (χ3v) is 3.71. The summed E-state index contributed by atoms with van der Waals surface area (Å²) in [5.74, 6) is 0.701. The second-order valence-electron chi connectivity index (χ2n) is 5.45. The van der Waals surface area contributed by atoms with Gasteiger partial charge in [0.15, 0.2) is 0 Å². The number of rotatable bonds is 6. The topological polar surface area (TPSA) is 41.1 Å². The quantitative estimate of drug-likeness (QED) is 0.731. The molecule has 112 valence electrons. The van der Waals surface area contributed by atoms with E-state index in [-0.39, 0.29) is 12.1 Å². The maximum Gasteiger partial charge on any atom is 0.319 e. The molecule has 20 heavy (non-hydrogen) atoms. The third kappa shape index (κ3) is 6.49. The molecule has 0 fully saturated rings. The standard InChI is InChI=1S/C15H22Cl2N2O/c1-10(2)5-4-6-11(3)18-15(20)19-12-7-8-13(16)14(17)9-12/h7-11H,4-6H2,1-3H3,(H2,18,19,20). The predicted molar refractivity (Wildman–Crippen MR) is 86.8 cm³/mol. The van der Waals surface area contributed by atoms with Gasteiger partial charge in [0.1, 0.15) is 0 Å². The van der Waals surface area contributed by atoms with Crippen LogP contribution in [0.5, 0.6) is 0 Å². The fourth-order valence-electron chi connectivity index (χ4n) is 1.87. The molecule has 0 saturated carbocycles. The zero-order valence-electron chi connectivity index (χ0n) is 12.2. The molecule has 0 aliphatic rings. The van der Waals surface area contributed by atoms with Crippen molar-refractivity contribution in [1.29, 1.82) is 0 Å². The minimum Gasteiger partial charge on any atom is -0.335 e. The van der Waals surface area contributed by atoms with Crippen LogP contribution < -0.4 is 10.6 Å². The third-order valence-electron chi connectivity index (χ3n) is 2.97. The van der Waals surface area contributed by atoms with E-state index in [1.165, 1.54) is 6.42 Å². The van der Waals surface area contributed by atoms with Gasteiger partial charge in [0.2, 0.25) is 0 Å². The highest BCUT2D eigenvalue weighted by atomic mass is 35.5. The Morgan fingerprint density at radius 3 is 2.45 bits per heavy atom. The number of halogens is 2. The number of urea groups is 1. The fraction of sp³-hybridized carbons (Fsp3) is 0.533. The average molecular weight is 317 g/mol. The zero-order valence-corrected chi connectivity index (χ0v) is 13.7. The molecule has 1 rings (SSSR count). The SMILES string of the molecule is CC(C)CCCC(C)NC(=O)Nc1ccc(Cl)c(Cl)c1. The Balaban J connectivity index is 2.37. The highest BCUT2D eigenvalue weighted by molar-refractivity contribution is 6.42. The molecule has 0 aliphatic carbocycles. The Morgan fingerprint density at radius 2 is 1.85 bits per heavy atom.